The maximum Gasteiger partial charge on any atom is 0.0777 e. The summed E-state index contributed by atoms with van der Waals surface area (Å²) in [6.45, 7) is 2.28. The Morgan fingerprint density at radius 3 is 3.00 bits per heavy atom. The van der Waals surface area contributed by atoms with Crippen LogP contribution in [0.15, 0.2) is 11.4 Å². The first-order valence-electron chi connectivity index (χ1n) is 4.72. The van der Waals surface area contributed by atoms with Gasteiger partial charge >= 0.3 is 0 Å². The highest BCUT2D eigenvalue weighted by Crippen LogP contribution is 2.25. The molecule has 1 rings (SSSR count). The van der Waals surface area contributed by atoms with Crippen LogP contribution in [0.5, 0.6) is 0 Å². The molecule has 0 radical (unpaired) electrons. The Kier molecular flexibility index (Phi) is 4.42. The Balaban J connectivity index is 2.59. The first-order chi connectivity index (χ1) is 6.29. The van der Waals surface area contributed by atoms with Gasteiger partial charge in [0.25, 0.3) is 0 Å². The third-order valence-electron chi connectivity index (χ3n) is 2.19. The summed E-state index contributed by atoms with van der Waals surface area (Å²) in [5.41, 5.74) is 7.12. The lowest BCUT2D eigenvalue weighted by Gasteiger charge is -2.10. The van der Waals surface area contributed by atoms with Crippen molar-refractivity contribution in [2.45, 2.75) is 38.8 Å². The van der Waals surface area contributed by atoms with Crippen molar-refractivity contribution in [3.05, 3.63) is 21.9 Å². The van der Waals surface area contributed by atoms with Crippen molar-refractivity contribution in [3.8, 4) is 0 Å². The lowest BCUT2D eigenvalue weighted by atomic mass is 10.0. The van der Waals surface area contributed by atoms with Crippen molar-refractivity contribution in [1.82, 2.24) is 0 Å². The summed E-state index contributed by atoms with van der Waals surface area (Å²) < 4.78 is 0. The van der Waals surface area contributed by atoms with E-state index in [1.165, 1.54) is 6.42 Å². The van der Waals surface area contributed by atoms with E-state index in [9.17, 15) is 0 Å². The summed E-state index contributed by atoms with van der Waals surface area (Å²) >= 11 is 1.58. The highest BCUT2D eigenvalue weighted by atomic mass is 32.1. The predicted molar refractivity (Wildman–Crippen MR) is 56.7 cm³/mol. The van der Waals surface area contributed by atoms with E-state index in [0.717, 1.165) is 23.3 Å². The molecule has 1 heterocycles. The molecule has 0 aliphatic rings. The fourth-order valence-corrected chi connectivity index (χ4v) is 2.20. The summed E-state index contributed by atoms with van der Waals surface area (Å²) in [6.07, 6.45) is 3.34. The Labute approximate surface area is 83.4 Å². The molecule has 0 saturated heterocycles. The number of aliphatic hydroxyl groups is 1. The third-order valence-corrected chi connectivity index (χ3v) is 3.11. The molecule has 2 nitrogen and oxygen atoms in total. The molecule has 0 spiro atoms. The van der Waals surface area contributed by atoms with Gasteiger partial charge in [0.05, 0.1) is 6.61 Å². The van der Waals surface area contributed by atoms with Crippen LogP contribution in [0.1, 0.15) is 42.7 Å². The molecule has 0 saturated carbocycles. The number of nitrogens with two attached hydrogens (primary N) is 1. The van der Waals surface area contributed by atoms with Gasteiger partial charge in [-0.2, -0.15) is 0 Å². The van der Waals surface area contributed by atoms with Gasteiger partial charge in [0.15, 0.2) is 0 Å². The van der Waals surface area contributed by atoms with Crippen molar-refractivity contribution in [1.29, 1.82) is 0 Å². The highest BCUT2D eigenvalue weighted by molar-refractivity contribution is 7.10. The fraction of sp³-hybridized carbons (Fsp3) is 0.600. The second-order valence-electron chi connectivity index (χ2n) is 3.21. The Bertz CT molecular complexity index is 247. The van der Waals surface area contributed by atoms with Gasteiger partial charge in [0.2, 0.25) is 0 Å². The molecule has 1 aromatic heterocycles. The van der Waals surface area contributed by atoms with Crippen LogP contribution < -0.4 is 5.73 Å². The zero-order chi connectivity index (χ0) is 9.68. The molecule has 3 heteroatoms. The van der Waals surface area contributed by atoms with E-state index in [2.05, 4.69) is 6.92 Å². The minimum Gasteiger partial charge on any atom is -0.391 e. The van der Waals surface area contributed by atoms with E-state index in [-0.39, 0.29) is 12.6 Å². The highest BCUT2D eigenvalue weighted by Gasteiger charge is 2.10. The van der Waals surface area contributed by atoms with Crippen molar-refractivity contribution in [3.63, 3.8) is 0 Å². The second-order valence-corrected chi connectivity index (χ2v) is 4.21. The minimum absolute atomic E-state index is 0.105. The maximum absolute atomic E-state index is 9.04. The zero-order valence-corrected chi connectivity index (χ0v) is 8.81. The molecular formula is C10H17NOS. The van der Waals surface area contributed by atoms with Gasteiger partial charge in [0.1, 0.15) is 0 Å². The van der Waals surface area contributed by atoms with E-state index < -0.39 is 0 Å². The molecule has 1 atom stereocenters. The summed E-state index contributed by atoms with van der Waals surface area (Å²) in [7, 11) is 0. The Morgan fingerprint density at radius 1 is 1.62 bits per heavy atom. The van der Waals surface area contributed by atoms with Gasteiger partial charge in [-0.15, -0.1) is 11.3 Å². The van der Waals surface area contributed by atoms with Crippen LogP contribution in [0.4, 0.5) is 0 Å². The molecule has 0 aromatic carbocycles. The van der Waals surface area contributed by atoms with E-state index in [0.29, 0.717) is 0 Å². The fourth-order valence-electron chi connectivity index (χ4n) is 1.39. The van der Waals surface area contributed by atoms with Crippen LogP contribution in [0.3, 0.4) is 0 Å². The number of unbranched alkanes of at least 4 members (excludes halogenated alkanes) is 1. The average Bonchev–Trinajstić information content (AvgIpc) is 2.61. The Morgan fingerprint density at radius 2 is 2.38 bits per heavy atom. The molecular weight excluding hydrogens is 182 g/mol. The molecule has 0 aliphatic heterocycles. The number of thiophene rings is 1. The van der Waals surface area contributed by atoms with Crippen LogP contribution in [-0.4, -0.2) is 5.11 Å². The minimum atomic E-state index is 0.105. The SMILES string of the molecule is CCCCC(N)c1ccsc1CO. The van der Waals surface area contributed by atoms with Crippen molar-refractivity contribution in [2.24, 2.45) is 5.73 Å². The number of aliphatic hydroxyl groups excluding tert-OH is 1. The topological polar surface area (TPSA) is 46.2 Å². The first-order valence-corrected chi connectivity index (χ1v) is 5.60. The van der Waals surface area contributed by atoms with Gasteiger partial charge in [-0.05, 0) is 23.4 Å². The molecule has 74 valence electrons. The van der Waals surface area contributed by atoms with Gasteiger partial charge in [0, 0.05) is 10.9 Å². The first kappa shape index (κ1) is 10.7. The molecule has 1 aromatic rings. The zero-order valence-electron chi connectivity index (χ0n) is 7.99. The van der Waals surface area contributed by atoms with E-state index in [1.807, 2.05) is 11.4 Å². The third kappa shape index (κ3) is 2.79. The standard InChI is InChI=1S/C10H17NOS/c1-2-3-4-9(11)8-5-6-13-10(8)7-12/h5-6,9,12H,2-4,7,11H2,1H3. The number of rotatable bonds is 5. The lowest BCUT2D eigenvalue weighted by molar-refractivity contribution is 0.283. The molecule has 1 unspecified atom stereocenters. The van der Waals surface area contributed by atoms with Crippen LogP contribution in [0.25, 0.3) is 0 Å². The number of hydrogen-bond acceptors (Lipinski definition) is 3. The Hall–Kier alpha value is -0.380. The van der Waals surface area contributed by atoms with Gasteiger partial charge in [-0.3, -0.25) is 0 Å². The van der Waals surface area contributed by atoms with Crippen molar-refractivity contribution >= 4 is 11.3 Å². The summed E-state index contributed by atoms with van der Waals surface area (Å²) in [4.78, 5) is 1.02. The second kappa shape index (κ2) is 5.37. The maximum atomic E-state index is 9.04. The van der Waals surface area contributed by atoms with Crippen LogP contribution in [-0.2, 0) is 6.61 Å². The van der Waals surface area contributed by atoms with Crippen LogP contribution in [0.2, 0.25) is 0 Å². The molecule has 13 heavy (non-hydrogen) atoms. The molecule has 0 bridgehead atoms. The molecule has 0 aliphatic carbocycles. The van der Waals surface area contributed by atoms with E-state index >= 15 is 0 Å². The summed E-state index contributed by atoms with van der Waals surface area (Å²) in [5, 5.41) is 11.0. The van der Waals surface area contributed by atoms with E-state index in [4.69, 9.17) is 10.8 Å². The average molecular weight is 199 g/mol. The molecule has 3 N–H and O–H groups in total. The molecule has 0 fully saturated rings. The number of hydrogen-bond donors (Lipinski definition) is 2. The van der Waals surface area contributed by atoms with Crippen molar-refractivity contribution < 1.29 is 5.11 Å². The monoisotopic (exact) mass is 199 g/mol. The predicted octanol–water partition coefficient (Wildman–Crippen LogP) is 2.43. The van der Waals surface area contributed by atoms with Gasteiger partial charge < -0.3 is 10.8 Å². The van der Waals surface area contributed by atoms with Gasteiger partial charge in [-0.25, -0.2) is 0 Å². The largest absolute Gasteiger partial charge is 0.391 e. The smallest absolute Gasteiger partial charge is 0.0777 e. The van der Waals surface area contributed by atoms with Gasteiger partial charge in [-0.1, -0.05) is 19.8 Å². The molecule has 0 amide bonds. The quantitative estimate of drug-likeness (QED) is 0.765. The lowest BCUT2D eigenvalue weighted by Crippen LogP contribution is -2.10. The normalized spacial score (nSPS) is 13.2. The van der Waals surface area contributed by atoms with E-state index in [1.54, 1.807) is 11.3 Å². The van der Waals surface area contributed by atoms with Crippen LogP contribution in [0, 0.1) is 0 Å². The summed E-state index contributed by atoms with van der Waals surface area (Å²) in [5.74, 6) is 0. The van der Waals surface area contributed by atoms with Crippen LogP contribution >= 0.6 is 11.3 Å². The summed E-state index contributed by atoms with van der Waals surface area (Å²) in [6, 6.07) is 2.13. The van der Waals surface area contributed by atoms with Crippen molar-refractivity contribution in [2.75, 3.05) is 0 Å².